The topological polar surface area (TPSA) is 55.1 Å². The zero-order chi connectivity index (χ0) is 13.7. The van der Waals surface area contributed by atoms with Crippen LogP contribution in [0.5, 0.6) is 0 Å². The van der Waals surface area contributed by atoms with E-state index in [1.807, 2.05) is 6.92 Å². The van der Waals surface area contributed by atoms with Crippen LogP contribution in [0.15, 0.2) is 12.1 Å². The average Bonchev–Trinajstić information content (AvgIpc) is 2.31. The van der Waals surface area contributed by atoms with Crippen LogP contribution in [0.2, 0.25) is 0 Å². The van der Waals surface area contributed by atoms with Gasteiger partial charge in [-0.1, -0.05) is 13.3 Å². The van der Waals surface area contributed by atoms with E-state index in [2.05, 4.69) is 5.32 Å². The SMILES string of the molecule is CCCC(N)CNC(=O)c1cc(C)c(F)cc1F. The fraction of sp³-hybridized carbons (Fsp3) is 0.462. The summed E-state index contributed by atoms with van der Waals surface area (Å²) in [7, 11) is 0. The largest absolute Gasteiger partial charge is 0.350 e. The number of amides is 1. The molecular weight excluding hydrogens is 238 g/mol. The highest BCUT2D eigenvalue weighted by Gasteiger charge is 2.15. The van der Waals surface area contributed by atoms with E-state index in [1.54, 1.807) is 0 Å². The second-order valence-corrected chi connectivity index (χ2v) is 4.34. The minimum atomic E-state index is -0.861. The molecule has 3 nitrogen and oxygen atoms in total. The summed E-state index contributed by atoms with van der Waals surface area (Å²) in [6.07, 6.45) is 1.70. The van der Waals surface area contributed by atoms with Gasteiger partial charge in [-0.15, -0.1) is 0 Å². The molecule has 0 fully saturated rings. The number of halogens is 2. The predicted octanol–water partition coefficient (Wildman–Crippen LogP) is 2.13. The molecule has 0 aliphatic carbocycles. The van der Waals surface area contributed by atoms with Gasteiger partial charge in [-0.2, -0.15) is 0 Å². The van der Waals surface area contributed by atoms with Gasteiger partial charge >= 0.3 is 0 Å². The number of carbonyl (C=O) groups is 1. The number of carbonyl (C=O) groups excluding carboxylic acids is 1. The van der Waals surface area contributed by atoms with E-state index in [1.165, 1.54) is 13.0 Å². The lowest BCUT2D eigenvalue weighted by atomic mass is 10.1. The second kappa shape index (κ2) is 6.44. The fourth-order valence-corrected chi connectivity index (χ4v) is 1.62. The first-order valence-corrected chi connectivity index (χ1v) is 5.95. The summed E-state index contributed by atoms with van der Waals surface area (Å²) in [6.45, 7) is 3.75. The van der Waals surface area contributed by atoms with E-state index in [0.717, 1.165) is 18.9 Å². The Morgan fingerprint density at radius 2 is 2.06 bits per heavy atom. The normalized spacial score (nSPS) is 12.3. The van der Waals surface area contributed by atoms with Gasteiger partial charge in [0.15, 0.2) is 0 Å². The monoisotopic (exact) mass is 256 g/mol. The van der Waals surface area contributed by atoms with Crippen LogP contribution in [-0.2, 0) is 0 Å². The van der Waals surface area contributed by atoms with Crippen molar-refractivity contribution in [1.82, 2.24) is 5.32 Å². The maximum atomic E-state index is 13.4. The third kappa shape index (κ3) is 3.77. The van der Waals surface area contributed by atoms with Crippen LogP contribution in [0, 0.1) is 18.6 Å². The van der Waals surface area contributed by atoms with Crippen molar-refractivity contribution in [2.75, 3.05) is 6.54 Å². The first-order valence-electron chi connectivity index (χ1n) is 5.95. The molecule has 0 aliphatic heterocycles. The lowest BCUT2D eigenvalue weighted by molar-refractivity contribution is 0.0946. The molecule has 0 saturated heterocycles. The Hall–Kier alpha value is -1.49. The Bertz CT molecular complexity index is 435. The zero-order valence-electron chi connectivity index (χ0n) is 10.6. The van der Waals surface area contributed by atoms with Crippen molar-refractivity contribution in [3.63, 3.8) is 0 Å². The maximum absolute atomic E-state index is 13.4. The quantitative estimate of drug-likeness (QED) is 0.848. The summed E-state index contributed by atoms with van der Waals surface area (Å²) in [6, 6.07) is 1.77. The van der Waals surface area contributed by atoms with Crippen molar-refractivity contribution < 1.29 is 13.6 Å². The Kier molecular flexibility index (Phi) is 5.22. The van der Waals surface area contributed by atoms with Gasteiger partial charge in [-0.05, 0) is 25.0 Å². The van der Waals surface area contributed by atoms with Gasteiger partial charge in [0.2, 0.25) is 0 Å². The van der Waals surface area contributed by atoms with Crippen LogP contribution >= 0.6 is 0 Å². The Morgan fingerprint density at radius 1 is 1.39 bits per heavy atom. The van der Waals surface area contributed by atoms with Crippen molar-refractivity contribution in [2.24, 2.45) is 5.73 Å². The molecule has 1 aromatic carbocycles. The van der Waals surface area contributed by atoms with Crippen LogP contribution in [0.1, 0.15) is 35.7 Å². The summed E-state index contributed by atoms with van der Waals surface area (Å²) in [5, 5.41) is 2.54. The number of rotatable bonds is 5. The number of hydrogen-bond donors (Lipinski definition) is 2. The third-order valence-electron chi connectivity index (χ3n) is 2.68. The average molecular weight is 256 g/mol. The van der Waals surface area contributed by atoms with E-state index in [0.29, 0.717) is 0 Å². The highest BCUT2D eigenvalue weighted by Crippen LogP contribution is 2.14. The molecule has 1 amide bonds. The van der Waals surface area contributed by atoms with Gasteiger partial charge in [0.25, 0.3) is 5.91 Å². The van der Waals surface area contributed by atoms with Gasteiger partial charge in [-0.3, -0.25) is 4.79 Å². The first-order chi connectivity index (χ1) is 8.45. The molecule has 3 N–H and O–H groups in total. The molecule has 1 aromatic rings. The van der Waals surface area contributed by atoms with E-state index in [-0.39, 0.29) is 23.7 Å². The Labute approximate surface area is 105 Å². The van der Waals surface area contributed by atoms with Gasteiger partial charge < -0.3 is 11.1 Å². The Balaban J connectivity index is 2.70. The van der Waals surface area contributed by atoms with Crippen molar-refractivity contribution in [1.29, 1.82) is 0 Å². The smallest absolute Gasteiger partial charge is 0.254 e. The predicted molar refractivity (Wildman–Crippen MR) is 66.3 cm³/mol. The molecule has 0 spiro atoms. The molecule has 100 valence electrons. The standard InChI is InChI=1S/C13H18F2N2O/c1-3-4-9(16)7-17-13(18)10-5-8(2)11(14)6-12(10)15/h5-6,9H,3-4,7,16H2,1-2H3,(H,17,18). The van der Waals surface area contributed by atoms with E-state index >= 15 is 0 Å². The van der Waals surface area contributed by atoms with E-state index < -0.39 is 17.5 Å². The van der Waals surface area contributed by atoms with Gasteiger partial charge in [0, 0.05) is 18.7 Å². The van der Waals surface area contributed by atoms with Crippen molar-refractivity contribution in [3.8, 4) is 0 Å². The summed E-state index contributed by atoms with van der Waals surface area (Å²) < 4.78 is 26.5. The lowest BCUT2D eigenvalue weighted by Gasteiger charge is -2.12. The number of aryl methyl sites for hydroxylation is 1. The summed E-state index contributed by atoms with van der Waals surface area (Å²) in [4.78, 5) is 11.7. The highest BCUT2D eigenvalue weighted by atomic mass is 19.1. The minimum Gasteiger partial charge on any atom is -0.350 e. The van der Waals surface area contributed by atoms with Crippen LogP contribution in [-0.4, -0.2) is 18.5 Å². The third-order valence-corrected chi connectivity index (χ3v) is 2.68. The molecule has 1 rings (SSSR count). The van der Waals surface area contributed by atoms with Crippen LogP contribution < -0.4 is 11.1 Å². The zero-order valence-corrected chi connectivity index (χ0v) is 10.6. The molecule has 0 aromatic heterocycles. The van der Waals surface area contributed by atoms with Crippen molar-refractivity contribution in [2.45, 2.75) is 32.7 Å². The number of nitrogens with two attached hydrogens (primary N) is 1. The lowest BCUT2D eigenvalue weighted by Crippen LogP contribution is -2.37. The van der Waals surface area contributed by atoms with Crippen molar-refractivity contribution in [3.05, 3.63) is 34.9 Å². The molecule has 0 saturated carbocycles. The first kappa shape index (κ1) is 14.6. The molecule has 5 heteroatoms. The number of benzene rings is 1. The molecule has 0 aliphatic rings. The highest BCUT2D eigenvalue weighted by molar-refractivity contribution is 5.94. The molecule has 1 atom stereocenters. The molecule has 18 heavy (non-hydrogen) atoms. The number of nitrogens with one attached hydrogen (secondary N) is 1. The molecular formula is C13H18F2N2O. The molecule has 0 bridgehead atoms. The minimum absolute atomic E-state index is 0.149. The van der Waals surface area contributed by atoms with Gasteiger partial charge in [0.05, 0.1) is 5.56 Å². The summed E-state index contributed by atoms with van der Waals surface area (Å²) in [5.41, 5.74) is 5.81. The molecule has 1 unspecified atom stereocenters. The van der Waals surface area contributed by atoms with Gasteiger partial charge in [0.1, 0.15) is 11.6 Å². The fourth-order valence-electron chi connectivity index (χ4n) is 1.62. The number of hydrogen-bond acceptors (Lipinski definition) is 2. The van der Waals surface area contributed by atoms with Crippen molar-refractivity contribution >= 4 is 5.91 Å². The Morgan fingerprint density at radius 3 is 2.67 bits per heavy atom. The van der Waals surface area contributed by atoms with E-state index in [9.17, 15) is 13.6 Å². The van der Waals surface area contributed by atoms with Crippen LogP contribution in [0.3, 0.4) is 0 Å². The second-order valence-electron chi connectivity index (χ2n) is 4.34. The maximum Gasteiger partial charge on any atom is 0.254 e. The summed E-state index contributed by atoms with van der Waals surface area (Å²) in [5.74, 6) is -2.09. The van der Waals surface area contributed by atoms with Crippen LogP contribution in [0.4, 0.5) is 8.78 Å². The van der Waals surface area contributed by atoms with E-state index in [4.69, 9.17) is 5.73 Å². The molecule has 0 radical (unpaired) electrons. The van der Waals surface area contributed by atoms with Crippen LogP contribution in [0.25, 0.3) is 0 Å². The summed E-state index contributed by atoms with van der Waals surface area (Å²) >= 11 is 0. The van der Waals surface area contributed by atoms with Gasteiger partial charge in [-0.25, -0.2) is 8.78 Å². The molecule has 0 heterocycles.